The van der Waals surface area contributed by atoms with Gasteiger partial charge in [-0.25, -0.2) is 9.59 Å². The first-order valence-corrected chi connectivity index (χ1v) is 7.80. The van der Waals surface area contributed by atoms with Crippen molar-refractivity contribution in [2.75, 3.05) is 0 Å². The van der Waals surface area contributed by atoms with Gasteiger partial charge in [0, 0.05) is 6.54 Å². The van der Waals surface area contributed by atoms with Crippen molar-refractivity contribution in [3.63, 3.8) is 0 Å². The van der Waals surface area contributed by atoms with Gasteiger partial charge in [-0.3, -0.25) is 0 Å². The fourth-order valence-corrected chi connectivity index (χ4v) is 3.40. The molecule has 0 radical (unpaired) electrons. The van der Waals surface area contributed by atoms with Crippen molar-refractivity contribution < 1.29 is 14.7 Å². The highest BCUT2D eigenvalue weighted by atomic mass is 16.4. The molecule has 1 aromatic rings. The first-order valence-electron chi connectivity index (χ1n) is 7.80. The predicted molar refractivity (Wildman–Crippen MR) is 84.4 cm³/mol. The minimum absolute atomic E-state index is 0.0868. The molecule has 5 nitrogen and oxygen atoms in total. The third-order valence-corrected chi connectivity index (χ3v) is 4.80. The Labute approximate surface area is 131 Å². The third kappa shape index (κ3) is 3.24. The molecule has 3 N–H and O–H groups in total. The lowest BCUT2D eigenvalue weighted by Crippen LogP contribution is -2.65. The van der Waals surface area contributed by atoms with Crippen LogP contribution in [0.4, 0.5) is 4.79 Å². The third-order valence-electron chi connectivity index (χ3n) is 4.80. The van der Waals surface area contributed by atoms with Crippen LogP contribution < -0.4 is 10.6 Å². The molecule has 22 heavy (non-hydrogen) atoms. The smallest absolute Gasteiger partial charge is 0.330 e. The molecule has 2 rings (SSSR count). The number of carboxylic acids is 1. The monoisotopic (exact) mass is 304 g/mol. The fraction of sp³-hybridized carbons (Fsp3) is 0.529. The number of aliphatic carboxylic acids is 1. The lowest BCUT2D eigenvalue weighted by atomic mass is 9.67. The molecule has 1 fully saturated rings. The molecule has 1 saturated carbocycles. The van der Waals surface area contributed by atoms with Crippen LogP contribution in [0.2, 0.25) is 0 Å². The molecule has 0 bridgehead atoms. The van der Waals surface area contributed by atoms with Crippen LogP contribution in [0.5, 0.6) is 0 Å². The van der Waals surface area contributed by atoms with Crippen LogP contribution in [0, 0.1) is 11.8 Å². The van der Waals surface area contributed by atoms with Crippen LogP contribution >= 0.6 is 0 Å². The van der Waals surface area contributed by atoms with E-state index in [1.54, 1.807) is 0 Å². The highest BCUT2D eigenvalue weighted by Gasteiger charge is 2.51. The molecule has 0 aromatic heterocycles. The minimum atomic E-state index is -1.18. The summed E-state index contributed by atoms with van der Waals surface area (Å²) in [4.78, 5) is 24.1. The van der Waals surface area contributed by atoms with Gasteiger partial charge in [0.25, 0.3) is 0 Å². The standard InChI is InChI=1S/C17H24N2O3/c1-12-7-6-8-13(2)17(12,15(20)21)19-16(22)18-11-14-9-4-3-5-10-14/h3-5,9-10,12-13H,6-8,11H2,1-2H3,(H,20,21)(H2,18,19,22). The first-order chi connectivity index (χ1) is 10.5. The van der Waals surface area contributed by atoms with E-state index in [0.29, 0.717) is 6.54 Å². The van der Waals surface area contributed by atoms with E-state index >= 15 is 0 Å². The van der Waals surface area contributed by atoms with Crippen molar-refractivity contribution in [2.24, 2.45) is 11.8 Å². The van der Waals surface area contributed by atoms with Gasteiger partial charge in [-0.05, 0) is 30.2 Å². The summed E-state index contributed by atoms with van der Waals surface area (Å²) in [7, 11) is 0. The second kappa shape index (κ2) is 6.81. The Morgan fingerprint density at radius 3 is 2.32 bits per heavy atom. The minimum Gasteiger partial charge on any atom is -0.479 e. The van der Waals surface area contributed by atoms with E-state index < -0.39 is 17.5 Å². The van der Waals surface area contributed by atoms with Gasteiger partial charge in [0.2, 0.25) is 0 Å². The normalized spacial score (nSPS) is 27.9. The highest BCUT2D eigenvalue weighted by Crippen LogP contribution is 2.38. The van der Waals surface area contributed by atoms with Crippen molar-refractivity contribution in [1.29, 1.82) is 0 Å². The molecule has 0 spiro atoms. The molecule has 120 valence electrons. The number of benzene rings is 1. The quantitative estimate of drug-likeness (QED) is 0.800. The van der Waals surface area contributed by atoms with Crippen LogP contribution in [-0.4, -0.2) is 22.6 Å². The molecule has 1 aromatic carbocycles. The lowest BCUT2D eigenvalue weighted by Gasteiger charge is -2.44. The number of carbonyl (C=O) groups excluding carboxylic acids is 1. The molecule has 2 unspecified atom stereocenters. The van der Waals surface area contributed by atoms with Gasteiger partial charge < -0.3 is 15.7 Å². The molecule has 0 heterocycles. The van der Waals surface area contributed by atoms with Crippen molar-refractivity contribution in [2.45, 2.75) is 45.2 Å². The number of carbonyl (C=O) groups is 2. The molecule has 0 aliphatic heterocycles. The van der Waals surface area contributed by atoms with Gasteiger partial charge in [0.15, 0.2) is 0 Å². The summed E-state index contributed by atoms with van der Waals surface area (Å²) in [6, 6.07) is 9.12. The van der Waals surface area contributed by atoms with E-state index in [1.165, 1.54) is 0 Å². The van der Waals surface area contributed by atoms with Crippen LogP contribution in [0.1, 0.15) is 38.7 Å². The average Bonchev–Trinajstić information content (AvgIpc) is 2.50. The van der Waals surface area contributed by atoms with E-state index in [9.17, 15) is 14.7 Å². The van der Waals surface area contributed by atoms with Crippen LogP contribution in [0.15, 0.2) is 30.3 Å². The fourth-order valence-electron chi connectivity index (χ4n) is 3.40. The van der Waals surface area contributed by atoms with E-state index in [1.807, 2.05) is 44.2 Å². The number of hydrogen-bond donors (Lipinski definition) is 3. The van der Waals surface area contributed by atoms with Gasteiger partial charge in [-0.2, -0.15) is 0 Å². The van der Waals surface area contributed by atoms with Crippen LogP contribution in [0.3, 0.4) is 0 Å². The number of nitrogens with one attached hydrogen (secondary N) is 2. The molecule has 0 saturated heterocycles. The van der Waals surface area contributed by atoms with Crippen molar-refractivity contribution >= 4 is 12.0 Å². The van der Waals surface area contributed by atoms with Crippen LogP contribution in [0.25, 0.3) is 0 Å². The van der Waals surface area contributed by atoms with Crippen LogP contribution in [-0.2, 0) is 11.3 Å². The highest BCUT2D eigenvalue weighted by molar-refractivity contribution is 5.87. The molecule has 5 heteroatoms. The molecule has 2 amide bonds. The molecular formula is C17H24N2O3. The zero-order valence-corrected chi connectivity index (χ0v) is 13.1. The molecular weight excluding hydrogens is 280 g/mol. The summed E-state index contributed by atoms with van der Waals surface area (Å²) in [5, 5.41) is 15.2. The second-order valence-corrected chi connectivity index (χ2v) is 6.20. The Bertz CT molecular complexity index is 520. The SMILES string of the molecule is CC1CCCC(C)C1(NC(=O)NCc1ccccc1)C(=O)O. The maximum atomic E-state index is 12.2. The topological polar surface area (TPSA) is 78.4 Å². The average molecular weight is 304 g/mol. The molecule has 1 aliphatic carbocycles. The first kappa shape index (κ1) is 16.3. The number of hydrogen-bond acceptors (Lipinski definition) is 2. The predicted octanol–water partition coefficient (Wildman–Crippen LogP) is 2.77. The van der Waals surface area contributed by atoms with E-state index in [0.717, 1.165) is 24.8 Å². The summed E-state index contributed by atoms with van der Waals surface area (Å²) in [6.45, 7) is 4.19. The Morgan fingerprint density at radius 1 is 1.18 bits per heavy atom. The Morgan fingerprint density at radius 2 is 1.77 bits per heavy atom. The number of carboxylic acid groups (broad SMARTS) is 1. The van der Waals surface area contributed by atoms with Crippen molar-refractivity contribution in [1.82, 2.24) is 10.6 Å². The summed E-state index contributed by atoms with van der Waals surface area (Å²) in [6.07, 6.45) is 2.63. The molecule has 2 atom stereocenters. The molecule has 1 aliphatic rings. The second-order valence-electron chi connectivity index (χ2n) is 6.20. The number of amides is 2. The maximum absolute atomic E-state index is 12.2. The number of urea groups is 1. The summed E-state index contributed by atoms with van der Waals surface area (Å²) >= 11 is 0. The lowest BCUT2D eigenvalue weighted by molar-refractivity contribution is -0.151. The van der Waals surface area contributed by atoms with Crippen molar-refractivity contribution in [3.8, 4) is 0 Å². The van der Waals surface area contributed by atoms with E-state index in [-0.39, 0.29) is 11.8 Å². The van der Waals surface area contributed by atoms with E-state index in [4.69, 9.17) is 0 Å². The Balaban J connectivity index is 2.04. The van der Waals surface area contributed by atoms with Gasteiger partial charge in [0.1, 0.15) is 5.54 Å². The number of rotatable bonds is 4. The summed E-state index contributed by atoms with van der Waals surface area (Å²) in [5.41, 5.74) is -0.203. The van der Waals surface area contributed by atoms with Crippen molar-refractivity contribution in [3.05, 3.63) is 35.9 Å². The Hall–Kier alpha value is -2.04. The maximum Gasteiger partial charge on any atom is 0.330 e. The Kier molecular flexibility index (Phi) is 5.06. The van der Waals surface area contributed by atoms with Gasteiger partial charge in [0.05, 0.1) is 0 Å². The van der Waals surface area contributed by atoms with Gasteiger partial charge in [-0.15, -0.1) is 0 Å². The summed E-state index contributed by atoms with van der Waals surface area (Å²) in [5.74, 6) is -1.12. The van der Waals surface area contributed by atoms with Gasteiger partial charge >= 0.3 is 12.0 Å². The zero-order valence-electron chi connectivity index (χ0n) is 13.1. The van der Waals surface area contributed by atoms with Gasteiger partial charge in [-0.1, -0.05) is 50.6 Å². The summed E-state index contributed by atoms with van der Waals surface area (Å²) < 4.78 is 0. The van der Waals surface area contributed by atoms with E-state index in [2.05, 4.69) is 10.6 Å². The largest absolute Gasteiger partial charge is 0.479 e. The zero-order chi connectivity index (χ0) is 16.2.